The van der Waals surface area contributed by atoms with Crippen molar-refractivity contribution in [2.24, 2.45) is 13.0 Å². The minimum atomic E-state index is -0.401. The van der Waals surface area contributed by atoms with E-state index >= 15 is 0 Å². The molecule has 6 heteroatoms. The van der Waals surface area contributed by atoms with Crippen molar-refractivity contribution in [3.05, 3.63) is 40.5 Å². The summed E-state index contributed by atoms with van der Waals surface area (Å²) in [5.74, 6) is 0.409. The third-order valence-corrected chi connectivity index (χ3v) is 5.63. The van der Waals surface area contributed by atoms with Crippen molar-refractivity contribution in [2.75, 3.05) is 6.54 Å². The zero-order chi connectivity index (χ0) is 17.6. The van der Waals surface area contributed by atoms with Crippen molar-refractivity contribution >= 4 is 0 Å². The predicted molar refractivity (Wildman–Crippen MR) is 93.5 cm³/mol. The fourth-order valence-electron chi connectivity index (χ4n) is 3.75. The van der Waals surface area contributed by atoms with E-state index in [0.717, 1.165) is 56.8 Å². The maximum atomic E-state index is 10.4. The van der Waals surface area contributed by atoms with Crippen LogP contribution < -0.4 is 0 Å². The van der Waals surface area contributed by atoms with Gasteiger partial charge in [-0.15, -0.1) is 0 Å². The molecule has 0 radical (unpaired) electrons. The topological polar surface area (TPSA) is 70.0 Å². The van der Waals surface area contributed by atoms with E-state index in [1.807, 2.05) is 17.7 Å². The SMILES string of the molecule is Cc1c(CN2CCCn3nc([C@@H](O)C4CC4)cc3C2)cc(C#N)n1C. The van der Waals surface area contributed by atoms with Crippen molar-refractivity contribution in [1.82, 2.24) is 19.2 Å². The molecule has 1 aliphatic carbocycles. The van der Waals surface area contributed by atoms with Gasteiger partial charge in [0.1, 0.15) is 17.9 Å². The Hall–Kier alpha value is -2.10. The number of aryl methyl sites for hydroxylation is 1. The molecule has 4 rings (SSSR count). The normalized spacial score (nSPS) is 19.3. The van der Waals surface area contributed by atoms with Crippen LogP contribution in [-0.2, 0) is 26.7 Å². The van der Waals surface area contributed by atoms with Gasteiger partial charge in [0.2, 0.25) is 0 Å². The van der Waals surface area contributed by atoms with Crippen LogP contribution in [0.25, 0.3) is 0 Å². The van der Waals surface area contributed by atoms with Crippen LogP contribution in [0.5, 0.6) is 0 Å². The lowest BCUT2D eigenvalue weighted by molar-refractivity contribution is 0.148. The van der Waals surface area contributed by atoms with Crippen LogP contribution in [0.3, 0.4) is 0 Å². The summed E-state index contributed by atoms with van der Waals surface area (Å²) in [6.07, 6.45) is 2.88. The average molecular weight is 339 g/mol. The van der Waals surface area contributed by atoms with Crippen molar-refractivity contribution in [2.45, 2.75) is 51.9 Å². The van der Waals surface area contributed by atoms with E-state index in [0.29, 0.717) is 11.6 Å². The lowest BCUT2D eigenvalue weighted by atomic mass is 10.1. The van der Waals surface area contributed by atoms with E-state index in [9.17, 15) is 10.4 Å². The quantitative estimate of drug-likeness (QED) is 0.927. The van der Waals surface area contributed by atoms with Gasteiger partial charge in [0, 0.05) is 38.9 Å². The number of hydrogen-bond donors (Lipinski definition) is 1. The Kier molecular flexibility index (Phi) is 4.14. The maximum absolute atomic E-state index is 10.4. The minimum absolute atomic E-state index is 0.401. The van der Waals surface area contributed by atoms with Gasteiger partial charge in [0.05, 0.1) is 11.4 Å². The molecule has 3 heterocycles. The molecule has 25 heavy (non-hydrogen) atoms. The summed E-state index contributed by atoms with van der Waals surface area (Å²) in [6, 6.07) is 6.34. The van der Waals surface area contributed by atoms with Crippen molar-refractivity contribution < 1.29 is 5.11 Å². The van der Waals surface area contributed by atoms with Gasteiger partial charge in [-0.1, -0.05) is 0 Å². The monoisotopic (exact) mass is 339 g/mol. The third-order valence-electron chi connectivity index (χ3n) is 5.63. The number of hydrogen-bond acceptors (Lipinski definition) is 4. The molecule has 0 spiro atoms. The first-order valence-electron chi connectivity index (χ1n) is 9.09. The van der Waals surface area contributed by atoms with E-state index in [2.05, 4.69) is 33.7 Å². The molecule has 1 aliphatic heterocycles. The molecule has 0 unspecified atom stereocenters. The fourth-order valence-corrected chi connectivity index (χ4v) is 3.75. The number of aromatic nitrogens is 3. The van der Waals surface area contributed by atoms with Crippen LogP contribution in [0.4, 0.5) is 0 Å². The molecule has 1 atom stereocenters. The summed E-state index contributed by atoms with van der Waals surface area (Å²) in [7, 11) is 1.94. The Balaban J connectivity index is 1.52. The summed E-state index contributed by atoms with van der Waals surface area (Å²) in [5, 5.41) is 24.2. The first-order chi connectivity index (χ1) is 12.1. The second-order valence-corrected chi connectivity index (χ2v) is 7.44. The van der Waals surface area contributed by atoms with Gasteiger partial charge in [-0.05, 0) is 49.8 Å². The lowest BCUT2D eigenvalue weighted by Crippen LogP contribution is -2.23. The molecule has 0 amide bonds. The molecule has 0 bridgehead atoms. The first kappa shape index (κ1) is 16.4. The smallest absolute Gasteiger partial charge is 0.120 e. The highest BCUT2D eigenvalue weighted by Gasteiger charge is 2.33. The Bertz CT molecular complexity index is 824. The number of aliphatic hydroxyl groups is 1. The Labute approximate surface area is 148 Å². The Morgan fingerprint density at radius 2 is 2.16 bits per heavy atom. The molecular weight excluding hydrogens is 314 g/mol. The van der Waals surface area contributed by atoms with E-state index in [1.165, 1.54) is 11.3 Å². The zero-order valence-electron chi connectivity index (χ0n) is 14.9. The van der Waals surface area contributed by atoms with Crippen LogP contribution in [0.15, 0.2) is 12.1 Å². The predicted octanol–water partition coefficient (Wildman–Crippen LogP) is 2.25. The largest absolute Gasteiger partial charge is 0.386 e. The third kappa shape index (κ3) is 3.10. The highest BCUT2D eigenvalue weighted by atomic mass is 16.3. The Morgan fingerprint density at radius 3 is 2.84 bits per heavy atom. The van der Waals surface area contributed by atoms with Gasteiger partial charge in [0.25, 0.3) is 0 Å². The van der Waals surface area contributed by atoms with Crippen LogP contribution in [0.1, 0.15) is 53.7 Å². The molecule has 0 aromatic carbocycles. The molecule has 0 saturated heterocycles. The van der Waals surface area contributed by atoms with Crippen molar-refractivity contribution in [3.8, 4) is 6.07 Å². The first-order valence-corrected chi connectivity index (χ1v) is 9.09. The number of rotatable bonds is 4. The second-order valence-electron chi connectivity index (χ2n) is 7.44. The molecule has 2 aliphatic rings. The van der Waals surface area contributed by atoms with E-state index in [1.54, 1.807) is 0 Å². The zero-order valence-corrected chi connectivity index (χ0v) is 14.9. The van der Waals surface area contributed by atoms with Crippen LogP contribution in [0.2, 0.25) is 0 Å². The number of aliphatic hydroxyl groups excluding tert-OH is 1. The molecule has 132 valence electrons. The van der Waals surface area contributed by atoms with Crippen LogP contribution in [-0.4, -0.2) is 30.9 Å². The highest BCUT2D eigenvalue weighted by Crippen LogP contribution is 2.40. The molecule has 1 fully saturated rings. The maximum Gasteiger partial charge on any atom is 0.120 e. The number of nitriles is 1. The van der Waals surface area contributed by atoms with Gasteiger partial charge < -0.3 is 9.67 Å². The van der Waals surface area contributed by atoms with Crippen LogP contribution >= 0.6 is 0 Å². The van der Waals surface area contributed by atoms with Crippen LogP contribution in [0, 0.1) is 24.2 Å². The van der Waals surface area contributed by atoms with E-state index < -0.39 is 6.10 Å². The minimum Gasteiger partial charge on any atom is -0.386 e. The molecular formula is C19H25N5O. The van der Waals surface area contributed by atoms with E-state index in [4.69, 9.17) is 0 Å². The van der Waals surface area contributed by atoms with Gasteiger partial charge in [-0.2, -0.15) is 10.4 Å². The van der Waals surface area contributed by atoms with Gasteiger partial charge in [0.15, 0.2) is 0 Å². The van der Waals surface area contributed by atoms with Gasteiger partial charge in [-0.3, -0.25) is 9.58 Å². The molecule has 1 saturated carbocycles. The number of nitrogens with zero attached hydrogens (tertiary/aromatic N) is 5. The fraction of sp³-hybridized carbons (Fsp3) is 0.579. The lowest BCUT2D eigenvalue weighted by Gasteiger charge is -2.19. The standard InChI is InChI=1S/C19H25N5O/c1-13-15(8-16(10-20)22(13)2)11-23-6-3-7-24-17(12-23)9-18(21-24)19(25)14-4-5-14/h8-9,14,19,25H,3-7,11-12H2,1-2H3/t19-/m0/s1. The summed E-state index contributed by atoms with van der Waals surface area (Å²) in [5.41, 5.74) is 5.09. The average Bonchev–Trinajstić information content (AvgIpc) is 3.36. The molecule has 6 nitrogen and oxygen atoms in total. The number of fused-ring (bicyclic) bond motifs is 1. The van der Waals surface area contributed by atoms with Gasteiger partial charge >= 0.3 is 0 Å². The second kappa shape index (κ2) is 6.32. The Morgan fingerprint density at radius 1 is 1.36 bits per heavy atom. The van der Waals surface area contributed by atoms with Crippen molar-refractivity contribution in [3.63, 3.8) is 0 Å². The van der Waals surface area contributed by atoms with Crippen molar-refractivity contribution in [1.29, 1.82) is 5.26 Å². The molecule has 2 aromatic heterocycles. The van der Waals surface area contributed by atoms with Gasteiger partial charge in [-0.25, -0.2) is 0 Å². The molecule has 2 aromatic rings. The van der Waals surface area contributed by atoms with E-state index in [-0.39, 0.29) is 0 Å². The summed E-state index contributed by atoms with van der Waals surface area (Å²) < 4.78 is 4.03. The summed E-state index contributed by atoms with van der Waals surface area (Å²) in [4.78, 5) is 2.41. The highest BCUT2D eigenvalue weighted by molar-refractivity contribution is 5.34. The summed E-state index contributed by atoms with van der Waals surface area (Å²) in [6.45, 7) is 5.66. The molecule has 1 N–H and O–H groups in total. The summed E-state index contributed by atoms with van der Waals surface area (Å²) >= 11 is 0.